The first-order chi connectivity index (χ1) is 8.95. The van der Waals surface area contributed by atoms with Crippen LogP contribution in [0.4, 0.5) is 5.69 Å². The Morgan fingerprint density at radius 1 is 1.58 bits per heavy atom. The number of halogens is 1. The first-order valence-electron chi connectivity index (χ1n) is 5.78. The van der Waals surface area contributed by atoms with E-state index in [-0.39, 0.29) is 17.3 Å². The molecule has 19 heavy (non-hydrogen) atoms. The highest BCUT2D eigenvalue weighted by molar-refractivity contribution is 7.99. The summed E-state index contributed by atoms with van der Waals surface area (Å²) in [6, 6.07) is 3.89. The standard InChI is InChI=1S/C12H15ClN2O3S/c1-3-19-7-8(2)14-12(16)10-6-9(13)4-5-11(10)15(17)18/h4-6,8H,3,7H2,1-2H3,(H,14,16). The molecule has 1 unspecified atom stereocenters. The van der Waals surface area contributed by atoms with E-state index in [1.807, 2.05) is 13.8 Å². The number of rotatable bonds is 6. The molecule has 0 saturated carbocycles. The Balaban J connectivity index is 2.86. The number of carbonyl (C=O) groups is 1. The second kappa shape index (κ2) is 7.35. The highest BCUT2D eigenvalue weighted by atomic mass is 35.5. The van der Waals surface area contributed by atoms with Gasteiger partial charge in [0, 0.05) is 22.9 Å². The molecular weight excluding hydrogens is 288 g/mol. The van der Waals surface area contributed by atoms with Crippen LogP contribution < -0.4 is 5.32 Å². The Morgan fingerprint density at radius 3 is 2.84 bits per heavy atom. The molecule has 0 aliphatic carbocycles. The van der Waals surface area contributed by atoms with E-state index in [2.05, 4.69) is 5.32 Å². The van der Waals surface area contributed by atoms with E-state index in [9.17, 15) is 14.9 Å². The summed E-state index contributed by atoms with van der Waals surface area (Å²) in [4.78, 5) is 22.3. The third-order valence-electron chi connectivity index (χ3n) is 2.35. The molecule has 0 radical (unpaired) electrons. The SMILES string of the molecule is CCSCC(C)NC(=O)c1cc(Cl)ccc1[N+](=O)[O-]. The van der Waals surface area contributed by atoms with Crippen molar-refractivity contribution < 1.29 is 9.72 Å². The van der Waals surface area contributed by atoms with Gasteiger partial charge in [-0.3, -0.25) is 14.9 Å². The fraction of sp³-hybridized carbons (Fsp3) is 0.417. The summed E-state index contributed by atoms with van der Waals surface area (Å²) in [5, 5.41) is 13.9. The summed E-state index contributed by atoms with van der Waals surface area (Å²) in [7, 11) is 0. The van der Waals surface area contributed by atoms with E-state index >= 15 is 0 Å². The fourth-order valence-corrected chi connectivity index (χ4v) is 2.33. The lowest BCUT2D eigenvalue weighted by molar-refractivity contribution is -0.385. The summed E-state index contributed by atoms with van der Waals surface area (Å²) < 4.78 is 0. The predicted molar refractivity (Wildman–Crippen MR) is 78.0 cm³/mol. The third-order valence-corrected chi connectivity index (χ3v) is 3.73. The van der Waals surface area contributed by atoms with Crippen molar-refractivity contribution in [1.29, 1.82) is 0 Å². The lowest BCUT2D eigenvalue weighted by Gasteiger charge is -2.13. The largest absolute Gasteiger partial charge is 0.349 e. The zero-order chi connectivity index (χ0) is 14.4. The molecule has 1 N–H and O–H groups in total. The van der Waals surface area contributed by atoms with Gasteiger partial charge in [0.05, 0.1) is 4.92 Å². The van der Waals surface area contributed by atoms with Gasteiger partial charge < -0.3 is 5.32 Å². The number of nitro benzene ring substituents is 1. The Morgan fingerprint density at radius 2 is 2.26 bits per heavy atom. The molecule has 0 spiro atoms. The molecule has 1 rings (SSSR count). The number of hydrogen-bond acceptors (Lipinski definition) is 4. The number of thioether (sulfide) groups is 1. The highest BCUT2D eigenvalue weighted by Crippen LogP contribution is 2.22. The summed E-state index contributed by atoms with van der Waals surface area (Å²) in [6.07, 6.45) is 0. The van der Waals surface area contributed by atoms with Gasteiger partial charge in [0.2, 0.25) is 0 Å². The van der Waals surface area contributed by atoms with Gasteiger partial charge in [-0.05, 0) is 24.8 Å². The van der Waals surface area contributed by atoms with Gasteiger partial charge in [-0.25, -0.2) is 0 Å². The van der Waals surface area contributed by atoms with Crippen LogP contribution in [0.1, 0.15) is 24.2 Å². The summed E-state index contributed by atoms with van der Waals surface area (Å²) in [5.41, 5.74) is -0.247. The first kappa shape index (κ1) is 15.8. The molecule has 0 aliphatic rings. The highest BCUT2D eigenvalue weighted by Gasteiger charge is 2.21. The van der Waals surface area contributed by atoms with Gasteiger partial charge in [0.1, 0.15) is 5.56 Å². The topological polar surface area (TPSA) is 72.2 Å². The van der Waals surface area contributed by atoms with E-state index in [4.69, 9.17) is 11.6 Å². The van der Waals surface area contributed by atoms with Gasteiger partial charge in [0.25, 0.3) is 11.6 Å². The monoisotopic (exact) mass is 302 g/mol. The van der Waals surface area contributed by atoms with Gasteiger partial charge in [-0.15, -0.1) is 0 Å². The molecule has 1 aromatic carbocycles. The zero-order valence-corrected chi connectivity index (χ0v) is 12.3. The quantitative estimate of drug-likeness (QED) is 0.647. The van der Waals surface area contributed by atoms with E-state index in [1.165, 1.54) is 18.2 Å². The zero-order valence-electron chi connectivity index (χ0n) is 10.7. The van der Waals surface area contributed by atoms with Crippen LogP contribution in [0.5, 0.6) is 0 Å². The van der Waals surface area contributed by atoms with Crippen LogP contribution in [0.15, 0.2) is 18.2 Å². The van der Waals surface area contributed by atoms with Crippen LogP contribution in [0.25, 0.3) is 0 Å². The lowest BCUT2D eigenvalue weighted by Crippen LogP contribution is -2.34. The number of carbonyl (C=O) groups excluding carboxylic acids is 1. The molecular formula is C12H15ClN2O3S. The Hall–Kier alpha value is -1.27. The Labute approximate surface area is 120 Å². The van der Waals surface area contributed by atoms with Crippen LogP contribution in [-0.2, 0) is 0 Å². The molecule has 0 saturated heterocycles. The molecule has 1 amide bonds. The molecule has 0 fully saturated rings. The molecule has 104 valence electrons. The van der Waals surface area contributed by atoms with Crippen molar-refractivity contribution in [3.05, 3.63) is 38.9 Å². The van der Waals surface area contributed by atoms with Gasteiger partial charge in [0.15, 0.2) is 0 Å². The number of benzene rings is 1. The van der Waals surface area contributed by atoms with E-state index in [0.29, 0.717) is 5.02 Å². The third kappa shape index (κ3) is 4.72. The molecule has 5 nitrogen and oxygen atoms in total. The second-order valence-corrected chi connectivity index (χ2v) is 5.71. The predicted octanol–water partition coefficient (Wildman–Crippen LogP) is 3.12. The van der Waals surface area contributed by atoms with Gasteiger partial charge in [-0.1, -0.05) is 18.5 Å². The maximum Gasteiger partial charge on any atom is 0.282 e. The number of hydrogen-bond donors (Lipinski definition) is 1. The smallest absolute Gasteiger partial charge is 0.282 e. The number of nitrogens with one attached hydrogen (secondary N) is 1. The average Bonchev–Trinajstić information content (AvgIpc) is 2.35. The summed E-state index contributed by atoms with van der Waals surface area (Å²) in [6.45, 7) is 3.89. The average molecular weight is 303 g/mol. The van der Waals surface area contributed by atoms with Gasteiger partial charge >= 0.3 is 0 Å². The number of amides is 1. The molecule has 0 heterocycles. The van der Waals surface area contributed by atoms with Crippen molar-refractivity contribution in [2.75, 3.05) is 11.5 Å². The minimum atomic E-state index is -0.587. The molecule has 0 aliphatic heterocycles. The van der Waals surface area contributed by atoms with Crippen LogP contribution in [0, 0.1) is 10.1 Å². The summed E-state index contributed by atoms with van der Waals surface area (Å²) in [5.74, 6) is 1.24. The maximum atomic E-state index is 12.0. The number of nitrogens with zero attached hydrogens (tertiary/aromatic N) is 1. The number of nitro groups is 1. The van der Waals surface area contributed by atoms with Crippen LogP contribution in [0.2, 0.25) is 5.02 Å². The molecule has 0 aromatic heterocycles. The minimum Gasteiger partial charge on any atom is -0.349 e. The molecule has 7 heteroatoms. The normalized spacial score (nSPS) is 11.9. The van der Waals surface area contributed by atoms with Crippen molar-refractivity contribution >= 4 is 35.0 Å². The van der Waals surface area contributed by atoms with Crippen molar-refractivity contribution in [2.24, 2.45) is 0 Å². The minimum absolute atomic E-state index is 0.00847. The van der Waals surface area contributed by atoms with Crippen molar-refractivity contribution in [1.82, 2.24) is 5.32 Å². The molecule has 1 atom stereocenters. The van der Waals surface area contributed by atoms with E-state index in [1.54, 1.807) is 11.8 Å². The Bertz CT molecular complexity index is 482. The van der Waals surface area contributed by atoms with Crippen LogP contribution in [0.3, 0.4) is 0 Å². The van der Waals surface area contributed by atoms with Crippen molar-refractivity contribution in [2.45, 2.75) is 19.9 Å². The van der Waals surface area contributed by atoms with E-state index < -0.39 is 10.8 Å². The molecule has 1 aromatic rings. The van der Waals surface area contributed by atoms with Crippen LogP contribution in [-0.4, -0.2) is 28.4 Å². The Kier molecular flexibility index (Phi) is 6.11. The van der Waals surface area contributed by atoms with Crippen LogP contribution >= 0.6 is 23.4 Å². The summed E-state index contributed by atoms with van der Waals surface area (Å²) >= 11 is 7.47. The van der Waals surface area contributed by atoms with Crippen molar-refractivity contribution in [3.63, 3.8) is 0 Å². The lowest BCUT2D eigenvalue weighted by atomic mass is 10.1. The second-order valence-electron chi connectivity index (χ2n) is 3.95. The van der Waals surface area contributed by atoms with Gasteiger partial charge in [-0.2, -0.15) is 11.8 Å². The first-order valence-corrected chi connectivity index (χ1v) is 7.31. The maximum absolute atomic E-state index is 12.0. The fourth-order valence-electron chi connectivity index (χ4n) is 1.49. The van der Waals surface area contributed by atoms with E-state index in [0.717, 1.165) is 11.5 Å². The molecule has 0 bridgehead atoms. The van der Waals surface area contributed by atoms with Crippen molar-refractivity contribution in [3.8, 4) is 0 Å².